The fourth-order valence-electron chi connectivity index (χ4n) is 2.48. The van der Waals surface area contributed by atoms with E-state index in [1.54, 1.807) is 13.2 Å². The van der Waals surface area contributed by atoms with Crippen LogP contribution in [0.4, 0.5) is 0 Å². The number of rotatable bonds is 10. The summed E-state index contributed by atoms with van der Waals surface area (Å²) in [6.07, 6.45) is 3.66. The van der Waals surface area contributed by atoms with E-state index in [-0.39, 0.29) is 17.5 Å². The van der Waals surface area contributed by atoms with Crippen LogP contribution in [0.2, 0.25) is 0 Å². The summed E-state index contributed by atoms with van der Waals surface area (Å²) in [4.78, 5) is 20.2. The number of allylic oxidation sites excluding steroid dienone is 1. The van der Waals surface area contributed by atoms with Crippen molar-refractivity contribution in [1.82, 2.24) is 10.6 Å². The van der Waals surface area contributed by atoms with Gasteiger partial charge < -0.3 is 25.6 Å². The monoisotopic (exact) mass is 444 g/mol. The van der Waals surface area contributed by atoms with Crippen molar-refractivity contribution >= 4 is 12.8 Å². The van der Waals surface area contributed by atoms with Gasteiger partial charge in [0, 0.05) is 12.6 Å². The Kier molecular flexibility index (Phi) is 15.4. The van der Waals surface area contributed by atoms with Crippen LogP contribution in [-0.2, 0) is 16.0 Å². The molecule has 0 spiro atoms. The summed E-state index contributed by atoms with van der Waals surface area (Å²) in [6.45, 7) is 10.1. The first-order chi connectivity index (χ1) is 15.3. The second kappa shape index (κ2) is 17.2. The first-order valence-corrected chi connectivity index (χ1v) is 10.4. The number of hydrogen-bond donors (Lipinski definition) is 4. The maximum Gasteiger partial charge on any atom is 0.207 e. The lowest BCUT2D eigenvalue weighted by molar-refractivity contribution is -0.111. The molecule has 2 aromatic carbocycles. The molecule has 0 aliphatic heterocycles. The molecule has 0 aliphatic carbocycles. The van der Waals surface area contributed by atoms with Gasteiger partial charge in [-0.3, -0.25) is 9.59 Å². The summed E-state index contributed by atoms with van der Waals surface area (Å²) in [5.74, 6) is 1.37. The van der Waals surface area contributed by atoms with Gasteiger partial charge in [-0.15, -0.1) is 6.58 Å². The average Bonchev–Trinajstić information content (AvgIpc) is 2.78. The normalized spacial score (nSPS) is 10.2. The predicted octanol–water partition coefficient (Wildman–Crippen LogP) is 3.87. The molecule has 2 amide bonds. The Bertz CT molecular complexity index is 806. The number of benzene rings is 2. The molecule has 7 heteroatoms. The summed E-state index contributed by atoms with van der Waals surface area (Å²) >= 11 is 0. The number of hydrogen-bond acceptors (Lipinski definition) is 5. The Morgan fingerprint density at radius 2 is 1.78 bits per heavy atom. The molecule has 0 saturated heterocycles. The number of carbonyl (C=O) groups is 2. The predicted molar refractivity (Wildman–Crippen MR) is 128 cm³/mol. The minimum absolute atomic E-state index is 0.000556. The Morgan fingerprint density at radius 1 is 1.12 bits per heavy atom. The minimum Gasteiger partial charge on any atom is -0.508 e. The van der Waals surface area contributed by atoms with E-state index >= 15 is 0 Å². The minimum atomic E-state index is -0.000556. The topological polar surface area (TPSA) is 108 Å². The van der Waals surface area contributed by atoms with Crippen LogP contribution in [0, 0.1) is 6.92 Å². The summed E-state index contributed by atoms with van der Waals surface area (Å²) in [5, 5.41) is 23.2. The average molecular weight is 445 g/mol. The van der Waals surface area contributed by atoms with Crippen molar-refractivity contribution in [2.24, 2.45) is 0 Å². The maximum absolute atomic E-state index is 10.2. The highest BCUT2D eigenvalue weighted by Gasteiger charge is 2.05. The van der Waals surface area contributed by atoms with Gasteiger partial charge in [0.15, 0.2) is 0 Å². The molecule has 7 nitrogen and oxygen atoms in total. The van der Waals surface area contributed by atoms with Crippen molar-refractivity contribution in [3.63, 3.8) is 0 Å². The van der Waals surface area contributed by atoms with Crippen molar-refractivity contribution in [3.8, 4) is 17.2 Å². The van der Waals surface area contributed by atoms with Crippen LogP contribution >= 0.6 is 0 Å². The molecule has 2 rings (SSSR count). The van der Waals surface area contributed by atoms with Gasteiger partial charge >= 0.3 is 0 Å². The highest BCUT2D eigenvalue weighted by molar-refractivity contribution is 5.48. The number of aromatic hydroxyl groups is 2. The van der Waals surface area contributed by atoms with E-state index in [1.807, 2.05) is 38.1 Å². The van der Waals surface area contributed by atoms with Gasteiger partial charge in [0.05, 0.1) is 7.11 Å². The summed E-state index contributed by atoms with van der Waals surface area (Å²) in [6, 6.07) is 12.5. The van der Waals surface area contributed by atoms with Crippen molar-refractivity contribution in [2.75, 3.05) is 13.7 Å². The van der Waals surface area contributed by atoms with Gasteiger partial charge in [-0.1, -0.05) is 30.2 Å². The second-order valence-corrected chi connectivity index (χ2v) is 7.19. The molecule has 0 unspecified atom stereocenters. The van der Waals surface area contributed by atoms with E-state index in [0.717, 1.165) is 36.1 Å². The largest absolute Gasteiger partial charge is 0.508 e. The molecule has 4 N–H and O–H groups in total. The van der Waals surface area contributed by atoms with Gasteiger partial charge in [-0.25, -0.2) is 0 Å². The molecule has 1 atom stereocenters. The number of phenolic OH excluding ortho intramolecular Hbond substituents is 2. The van der Waals surface area contributed by atoms with Crippen LogP contribution in [0.25, 0.3) is 0 Å². The van der Waals surface area contributed by atoms with Crippen LogP contribution in [0.3, 0.4) is 0 Å². The van der Waals surface area contributed by atoms with E-state index in [9.17, 15) is 9.59 Å². The van der Waals surface area contributed by atoms with Crippen LogP contribution in [0.5, 0.6) is 17.2 Å². The Labute approximate surface area is 191 Å². The summed E-state index contributed by atoms with van der Waals surface area (Å²) in [5.41, 5.74) is 3.11. The van der Waals surface area contributed by atoms with Crippen molar-refractivity contribution < 1.29 is 24.5 Å². The summed E-state index contributed by atoms with van der Waals surface area (Å²) < 4.78 is 4.97. The third-order valence-electron chi connectivity index (χ3n) is 4.37. The molecule has 0 fully saturated rings. The SMILES string of the molecule is C=C(C)CC[C@@H](CNC=O)NC=O.CCc1cc(O)ccc1O.COc1ccc(C)cc1. The van der Waals surface area contributed by atoms with E-state index in [2.05, 4.69) is 24.1 Å². The molecule has 0 aromatic heterocycles. The van der Waals surface area contributed by atoms with Crippen LogP contribution in [0.1, 0.15) is 37.8 Å². The highest BCUT2D eigenvalue weighted by Crippen LogP contribution is 2.21. The first-order valence-electron chi connectivity index (χ1n) is 10.4. The van der Waals surface area contributed by atoms with Crippen molar-refractivity contribution in [3.05, 3.63) is 65.7 Å². The smallest absolute Gasteiger partial charge is 0.207 e. The number of amides is 2. The molecule has 176 valence electrons. The lowest BCUT2D eigenvalue weighted by Gasteiger charge is -2.14. The lowest BCUT2D eigenvalue weighted by atomic mass is 10.1. The summed E-state index contributed by atoms with van der Waals surface area (Å²) in [7, 11) is 1.67. The molecule has 0 heterocycles. The van der Waals surface area contributed by atoms with E-state index in [1.165, 1.54) is 17.7 Å². The highest BCUT2D eigenvalue weighted by atomic mass is 16.5. The standard InChI is InChI=1S/C9H16N2O2.C8H10O2.C8H10O/c1-8(2)3-4-9(11-7-13)5-10-6-12;1-2-6-5-7(9)3-4-8(6)10;1-7-3-5-8(9-2)6-4-7/h6-7,9H,1,3-5H2,2H3,(H,10,12)(H,11,13);3-5,9-10H,2H2,1H3;3-6H,1-2H3/t9-;;/m0../s1. The molecular formula is C25H36N2O5. The number of ether oxygens (including phenoxy) is 1. The second-order valence-electron chi connectivity index (χ2n) is 7.19. The third-order valence-corrected chi connectivity index (χ3v) is 4.37. The van der Waals surface area contributed by atoms with Gasteiger partial charge in [0.1, 0.15) is 17.2 Å². The van der Waals surface area contributed by atoms with Gasteiger partial charge in [0.2, 0.25) is 12.8 Å². The van der Waals surface area contributed by atoms with Crippen LogP contribution in [-0.4, -0.2) is 42.7 Å². The molecular weight excluding hydrogens is 408 g/mol. The number of carbonyl (C=O) groups excluding carboxylic acids is 2. The van der Waals surface area contributed by atoms with E-state index in [4.69, 9.17) is 14.9 Å². The molecule has 0 bridgehead atoms. The van der Waals surface area contributed by atoms with Crippen LogP contribution < -0.4 is 15.4 Å². The van der Waals surface area contributed by atoms with E-state index < -0.39 is 0 Å². The molecule has 0 aliphatic rings. The molecule has 2 aromatic rings. The molecule has 32 heavy (non-hydrogen) atoms. The van der Waals surface area contributed by atoms with E-state index in [0.29, 0.717) is 19.4 Å². The van der Waals surface area contributed by atoms with Gasteiger partial charge in [-0.2, -0.15) is 0 Å². The first kappa shape index (κ1) is 28.5. The zero-order valence-corrected chi connectivity index (χ0v) is 19.4. The molecule has 0 saturated carbocycles. The van der Waals surface area contributed by atoms with Crippen molar-refractivity contribution in [1.29, 1.82) is 0 Å². The quantitative estimate of drug-likeness (QED) is 0.253. The lowest BCUT2D eigenvalue weighted by Crippen LogP contribution is -2.37. The fraction of sp³-hybridized carbons (Fsp3) is 0.360. The van der Waals surface area contributed by atoms with Crippen molar-refractivity contribution in [2.45, 2.75) is 46.1 Å². The third kappa shape index (κ3) is 13.7. The fourth-order valence-corrected chi connectivity index (χ4v) is 2.48. The van der Waals surface area contributed by atoms with Crippen LogP contribution in [0.15, 0.2) is 54.6 Å². The Morgan fingerprint density at radius 3 is 2.25 bits per heavy atom. The molecule has 0 radical (unpaired) electrons. The van der Waals surface area contributed by atoms with Gasteiger partial charge in [0.25, 0.3) is 0 Å². The Balaban J connectivity index is 0.000000458. The number of phenols is 2. The number of methoxy groups -OCH3 is 1. The zero-order chi connectivity index (χ0) is 24.4. The maximum atomic E-state index is 10.2. The Hall–Kier alpha value is -3.48. The van der Waals surface area contributed by atoms with Gasteiger partial charge in [-0.05, 0) is 69.0 Å². The number of aryl methyl sites for hydroxylation is 2. The zero-order valence-electron chi connectivity index (χ0n) is 19.4. The number of nitrogens with one attached hydrogen (secondary N) is 2.